The molecular weight excluding hydrogens is 352 g/mol. The van der Waals surface area contributed by atoms with E-state index in [4.69, 9.17) is 16.2 Å². The van der Waals surface area contributed by atoms with Crippen LogP contribution in [0.15, 0.2) is 48.0 Å². The van der Waals surface area contributed by atoms with Crippen molar-refractivity contribution in [3.8, 4) is 17.0 Å². The Morgan fingerprint density at radius 3 is 2.58 bits per heavy atom. The standard InChI is InChI=1S/C18H18N4O3S/c1-25-12-6-4-11(5-7-12)17-13(14(19)9-16(20)23)10-22(21-17)18(24)15-3-2-8-26-15/h2-8,10,14H,9,19H2,1H3,(H2,20,23). The Morgan fingerprint density at radius 2 is 2.00 bits per heavy atom. The lowest BCUT2D eigenvalue weighted by Gasteiger charge is -2.09. The second-order valence-corrected chi connectivity index (χ2v) is 6.61. The molecule has 0 aliphatic carbocycles. The highest BCUT2D eigenvalue weighted by atomic mass is 32.1. The number of nitrogens with zero attached hydrogens (tertiary/aromatic N) is 2. The molecule has 0 saturated carbocycles. The summed E-state index contributed by atoms with van der Waals surface area (Å²) in [5.41, 5.74) is 13.3. The number of ether oxygens (including phenoxy) is 1. The number of carbonyl (C=O) groups excluding carboxylic acids is 2. The van der Waals surface area contributed by atoms with Gasteiger partial charge in [-0.05, 0) is 35.7 Å². The molecule has 26 heavy (non-hydrogen) atoms. The number of rotatable bonds is 6. The lowest BCUT2D eigenvalue weighted by Crippen LogP contribution is -2.21. The Bertz CT molecular complexity index is 917. The Labute approximate surface area is 154 Å². The van der Waals surface area contributed by atoms with Crippen LogP contribution in [0.1, 0.15) is 27.7 Å². The Morgan fingerprint density at radius 1 is 1.27 bits per heavy atom. The van der Waals surface area contributed by atoms with Gasteiger partial charge in [-0.2, -0.15) is 5.10 Å². The molecule has 0 saturated heterocycles. The number of methoxy groups -OCH3 is 1. The van der Waals surface area contributed by atoms with Crippen molar-refractivity contribution in [2.24, 2.45) is 11.5 Å². The number of aromatic nitrogens is 2. The van der Waals surface area contributed by atoms with Crippen LogP contribution in [0.2, 0.25) is 0 Å². The predicted molar refractivity (Wildman–Crippen MR) is 99.0 cm³/mol. The van der Waals surface area contributed by atoms with Gasteiger partial charge in [-0.3, -0.25) is 9.59 Å². The van der Waals surface area contributed by atoms with Gasteiger partial charge in [-0.15, -0.1) is 11.3 Å². The van der Waals surface area contributed by atoms with Crippen molar-refractivity contribution in [3.05, 3.63) is 58.4 Å². The quantitative estimate of drug-likeness (QED) is 0.690. The summed E-state index contributed by atoms with van der Waals surface area (Å²) in [6.07, 6.45) is 1.53. The van der Waals surface area contributed by atoms with Crippen LogP contribution in [0, 0.1) is 0 Å². The van der Waals surface area contributed by atoms with E-state index in [0.717, 1.165) is 5.56 Å². The molecule has 1 aromatic carbocycles. The largest absolute Gasteiger partial charge is 0.497 e. The summed E-state index contributed by atoms with van der Waals surface area (Å²) in [5.74, 6) is -0.0753. The average Bonchev–Trinajstić information content (AvgIpc) is 3.30. The summed E-state index contributed by atoms with van der Waals surface area (Å²) in [6, 6.07) is 10.1. The number of thiophene rings is 1. The maximum absolute atomic E-state index is 12.6. The van der Waals surface area contributed by atoms with Crippen LogP contribution >= 0.6 is 11.3 Å². The Hall–Kier alpha value is -2.97. The van der Waals surface area contributed by atoms with Crippen molar-refractivity contribution < 1.29 is 14.3 Å². The molecule has 0 bridgehead atoms. The molecule has 0 aliphatic rings. The zero-order chi connectivity index (χ0) is 18.7. The summed E-state index contributed by atoms with van der Waals surface area (Å²) >= 11 is 1.33. The average molecular weight is 370 g/mol. The van der Waals surface area contributed by atoms with Gasteiger partial charge in [0, 0.05) is 29.8 Å². The number of carbonyl (C=O) groups is 2. The summed E-state index contributed by atoms with van der Waals surface area (Å²) in [5, 5.41) is 6.24. The van der Waals surface area contributed by atoms with Gasteiger partial charge in [0.25, 0.3) is 5.91 Å². The topological polar surface area (TPSA) is 113 Å². The van der Waals surface area contributed by atoms with Crippen LogP contribution in [-0.2, 0) is 4.79 Å². The van der Waals surface area contributed by atoms with Crippen molar-refractivity contribution in [2.75, 3.05) is 7.11 Å². The highest BCUT2D eigenvalue weighted by molar-refractivity contribution is 7.12. The van der Waals surface area contributed by atoms with Crippen molar-refractivity contribution >= 4 is 23.2 Å². The zero-order valence-corrected chi connectivity index (χ0v) is 14.9. The normalized spacial score (nSPS) is 11.9. The molecule has 0 aliphatic heterocycles. The van der Waals surface area contributed by atoms with Crippen LogP contribution in [0.5, 0.6) is 5.75 Å². The van der Waals surface area contributed by atoms with E-state index in [-0.39, 0.29) is 12.3 Å². The molecular formula is C18H18N4O3S. The molecule has 3 aromatic rings. The number of amides is 1. The number of primary amides is 1. The summed E-state index contributed by atoms with van der Waals surface area (Å²) in [4.78, 5) is 24.4. The smallest absolute Gasteiger partial charge is 0.288 e. The van der Waals surface area contributed by atoms with Crippen LogP contribution in [0.25, 0.3) is 11.3 Å². The molecule has 1 amide bonds. The van der Waals surface area contributed by atoms with Gasteiger partial charge in [0.15, 0.2) is 0 Å². The van der Waals surface area contributed by atoms with E-state index in [1.165, 1.54) is 16.0 Å². The summed E-state index contributed by atoms with van der Waals surface area (Å²) in [7, 11) is 1.58. The van der Waals surface area contributed by atoms with Crippen LogP contribution in [-0.4, -0.2) is 28.7 Å². The molecule has 2 heterocycles. The van der Waals surface area contributed by atoms with Gasteiger partial charge in [0.2, 0.25) is 5.91 Å². The molecule has 0 spiro atoms. The fraction of sp³-hybridized carbons (Fsp3) is 0.167. The molecule has 1 atom stereocenters. The van der Waals surface area contributed by atoms with Crippen molar-refractivity contribution in [2.45, 2.75) is 12.5 Å². The Kier molecular flexibility index (Phi) is 5.15. The lowest BCUT2D eigenvalue weighted by atomic mass is 10.0. The first-order valence-corrected chi connectivity index (χ1v) is 8.73. The SMILES string of the molecule is COc1ccc(-c2nn(C(=O)c3cccs3)cc2C(N)CC(N)=O)cc1. The second-order valence-electron chi connectivity index (χ2n) is 5.67. The first-order valence-electron chi connectivity index (χ1n) is 7.85. The highest BCUT2D eigenvalue weighted by Gasteiger charge is 2.22. The highest BCUT2D eigenvalue weighted by Crippen LogP contribution is 2.29. The number of benzene rings is 1. The molecule has 0 fully saturated rings. The third-order valence-corrected chi connectivity index (χ3v) is 4.72. The number of hydrogen-bond acceptors (Lipinski definition) is 6. The van der Waals surface area contributed by atoms with E-state index in [2.05, 4.69) is 5.10 Å². The molecule has 2 aromatic heterocycles. The van der Waals surface area contributed by atoms with E-state index in [9.17, 15) is 9.59 Å². The van der Waals surface area contributed by atoms with E-state index in [1.807, 2.05) is 17.5 Å². The predicted octanol–water partition coefficient (Wildman–Crippen LogP) is 2.18. The van der Waals surface area contributed by atoms with Crippen LogP contribution < -0.4 is 16.2 Å². The van der Waals surface area contributed by atoms with E-state index < -0.39 is 11.9 Å². The molecule has 8 heteroatoms. The minimum atomic E-state index is -0.658. The van der Waals surface area contributed by atoms with Crippen molar-refractivity contribution in [1.82, 2.24) is 9.78 Å². The second kappa shape index (κ2) is 7.51. The molecule has 1 unspecified atom stereocenters. The molecule has 7 nitrogen and oxygen atoms in total. The molecule has 4 N–H and O–H groups in total. The maximum atomic E-state index is 12.6. The summed E-state index contributed by atoms with van der Waals surface area (Å²) < 4.78 is 6.42. The minimum absolute atomic E-state index is 0.0396. The van der Waals surface area contributed by atoms with E-state index >= 15 is 0 Å². The van der Waals surface area contributed by atoms with Crippen molar-refractivity contribution in [3.63, 3.8) is 0 Å². The van der Waals surface area contributed by atoms with Gasteiger partial charge < -0.3 is 16.2 Å². The van der Waals surface area contributed by atoms with Gasteiger partial charge in [0.05, 0.1) is 17.7 Å². The number of nitrogens with two attached hydrogens (primary N) is 2. The monoisotopic (exact) mass is 370 g/mol. The van der Waals surface area contributed by atoms with Gasteiger partial charge in [0.1, 0.15) is 5.75 Å². The number of hydrogen-bond donors (Lipinski definition) is 2. The third-order valence-electron chi connectivity index (χ3n) is 3.87. The Balaban J connectivity index is 2.04. The fourth-order valence-electron chi connectivity index (χ4n) is 2.58. The van der Waals surface area contributed by atoms with Crippen LogP contribution in [0.3, 0.4) is 0 Å². The first-order chi connectivity index (χ1) is 12.5. The van der Waals surface area contributed by atoms with E-state index in [0.29, 0.717) is 21.9 Å². The minimum Gasteiger partial charge on any atom is -0.497 e. The third kappa shape index (κ3) is 3.66. The van der Waals surface area contributed by atoms with Gasteiger partial charge >= 0.3 is 0 Å². The van der Waals surface area contributed by atoms with Crippen molar-refractivity contribution in [1.29, 1.82) is 0 Å². The van der Waals surface area contributed by atoms with Crippen LogP contribution in [0.4, 0.5) is 0 Å². The van der Waals surface area contributed by atoms with Gasteiger partial charge in [-0.1, -0.05) is 6.07 Å². The molecule has 3 rings (SSSR count). The first kappa shape index (κ1) is 17.8. The zero-order valence-electron chi connectivity index (χ0n) is 14.1. The lowest BCUT2D eigenvalue weighted by molar-refractivity contribution is -0.118. The summed E-state index contributed by atoms with van der Waals surface area (Å²) in [6.45, 7) is 0. The fourth-order valence-corrected chi connectivity index (χ4v) is 3.23. The van der Waals surface area contributed by atoms with E-state index in [1.54, 1.807) is 37.6 Å². The molecule has 134 valence electrons. The van der Waals surface area contributed by atoms with Gasteiger partial charge in [-0.25, -0.2) is 4.68 Å². The molecule has 0 radical (unpaired) electrons. The maximum Gasteiger partial charge on any atom is 0.288 e.